The maximum Gasteiger partial charge on any atom is 0.191 e. The molecule has 7 heteroatoms. The van der Waals surface area contributed by atoms with Gasteiger partial charge in [0, 0.05) is 19.6 Å². The highest BCUT2D eigenvalue weighted by Crippen LogP contribution is 2.00. The monoisotopic (exact) mass is 323 g/mol. The second-order valence-electron chi connectivity index (χ2n) is 5.67. The topological polar surface area (TPSA) is 70.4 Å². The highest BCUT2D eigenvalue weighted by atomic mass is 15.3. The average molecular weight is 323 g/mol. The van der Waals surface area contributed by atoms with E-state index in [-0.39, 0.29) is 0 Å². The molecule has 1 aromatic heterocycles. The van der Waals surface area contributed by atoms with Crippen LogP contribution in [0.25, 0.3) is 0 Å². The molecule has 132 valence electrons. The molecular formula is C16H33N7. The molecule has 1 heterocycles. The molecule has 0 radical (unpaired) electrons. The SMILES string of the molecule is CCN(CC)CCCC(C)NC(=NC)NCc1nncn1CC. The van der Waals surface area contributed by atoms with E-state index in [1.54, 1.807) is 13.4 Å². The van der Waals surface area contributed by atoms with Crippen molar-refractivity contribution in [1.82, 2.24) is 30.3 Å². The smallest absolute Gasteiger partial charge is 0.191 e. The molecule has 0 bridgehead atoms. The van der Waals surface area contributed by atoms with Crippen molar-refractivity contribution in [1.29, 1.82) is 0 Å². The van der Waals surface area contributed by atoms with Gasteiger partial charge in [0.25, 0.3) is 0 Å². The Kier molecular flexibility index (Phi) is 9.28. The van der Waals surface area contributed by atoms with E-state index in [0.717, 1.165) is 44.4 Å². The fourth-order valence-electron chi connectivity index (χ4n) is 2.50. The minimum Gasteiger partial charge on any atom is -0.354 e. The minimum atomic E-state index is 0.390. The first kappa shape index (κ1) is 19.4. The van der Waals surface area contributed by atoms with Crippen LogP contribution in [-0.4, -0.2) is 58.3 Å². The van der Waals surface area contributed by atoms with Crippen LogP contribution < -0.4 is 10.6 Å². The zero-order valence-electron chi connectivity index (χ0n) is 15.3. The number of nitrogens with one attached hydrogen (secondary N) is 2. The average Bonchev–Trinajstić information content (AvgIpc) is 3.03. The third-order valence-corrected chi connectivity index (χ3v) is 4.06. The van der Waals surface area contributed by atoms with Gasteiger partial charge in [0.15, 0.2) is 11.8 Å². The molecule has 0 amide bonds. The molecule has 0 spiro atoms. The Labute approximate surface area is 140 Å². The van der Waals surface area contributed by atoms with E-state index in [0.29, 0.717) is 12.6 Å². The number of aryl methyl sites for hydroxylation is 1. The summed E-state index contributed by atoms with van der Waals surface area (Å²) < 4.78 is 2.02. The fourth-order valence-corrected chi connectivity index (χ4v) is 2.50. The highest BCUT2D eigenvalue weighted by Gasteiger charge is 2.08. The number of hydrogen-bond acceptors (Lipinski definition) is 4. The number of guanidine groups is 1. The first-order valence-electron chi connectivity index (χ1n) is 8.70. The summed E-state index contributed by atoms with van der Waals surface area (Å²) in [5.74, 6) is 1.73. The maximum absolute atomic E-state index is 4.29. The van der Waals surface area contributed by atoms with Crippen molar-refractivity contribution in [3.8, 4) is 0 Å². The fraction of sp³-hybridized carbons (Fsp3) is 0.812. The molecule has 0 aliphatic heterocycles. The molecule has 0 fully saturated rings. The molecule has 0 saturated carbocycles. The molecule has 23 heavy (non-hydrogen) atoms. The third kappa shape index (κ3) is 6.99. The Hall–Kier alpha value is -1.63. The summed E-state index contributed by atoms with van der Waals surface area (Å²) in [6.07, 6.45) is 4.07. The maximum atomic E-state index is 4.29. The normalized spacial score (nSPS) is 13.4. The number of hydrogen-bond donors (Lipinski definition) is 2. The summed E-state index contributed by atoms with van der Waals surface area (Å²) in [7, 11) is 1.79. The first-order chi connectivity index (χ1) is 11.1. The Balaban J connectivity index is 2.32. The van der Waals surface area contributed by atoms with Gasteiger partial charge in [-0.05, 0) is 46.3 Å². The van der Waals surface area contributed by atoms with Gasteiger partial charge in [-0.1, -0.05) is 13.8 Å². The standard InChI is InChI=1S/C16H33N7/c1-6-22(7-2)11-9-10-14(4)20-16(17-5)18-12-15-21-19-13-23(15)8-3/h13-14H,6-12H2,1-5H3,(H2,17,18,20). The van der Waals surface area contributed by atoms with Crippen molar-refractivity contribution in [2.24, 2.45) is 4.99 Å². The zero-order valence-corrected chi connectivity index (χ0v) is 15.3. The van der Waals surface area contributed by atoms with Crippen molar-refractivity contribution in [3.63, 3.8) is 0 Å². The van der Waals surface area contributed by atoms with Gasteiger partial charge >= 0.3 is 0 Å². The largest absolute Gasteiger partial charge is 0.354 e. The van der Waals surface area contributed by atoms with E-state index < -0.39 is 0 Å². The molecule has 1 atom stereocenters. The number of aliphatic imine (C=N–C) groups is 1. The summed E-state index contributed by atoms with van der Waals surface area (Å²) in [6.45, 7) is 13.6. The van der Waals surface area contributed by atoms with Crippen molar-refractivity contribution in [3.05, 3.63) is 12.2 Å². The third-order valence-electron chi connectivity index (χ3n) is 4.06. The Morgan fingerprint density at radius 3 is 2.70 bits per heavy atom. The van der Waals surface area contributed by atoms with Crippen LogP contribution in [0.4, 0.5) is 0 Å². The van der Waals surface area contributed by atoms with Crippen LogP contribution >= 0.6 is 0 Å². The summed E-state index contributed by atoms with van der Waals surface area (Å²) >= 11 is 0. The Morgan fingerprint density at radius 2 is 2.09 bits per heavy atom. The summed E-state index contributed by atoms with van der Waals surface area (Å²) in [5, 5.41) is 14.8. The predicted molar refractivity (Wildman–Crippen MR) is 95.5 cm³/mol. The lowest BCUT2D eigenvalue weighted by Gasteiger charge is -2.21. The molecule has 0 saturated heterocycles. The molecule has 1 aromatic rings. The van der Waals surface area contributed by atoms with Crippen molar-refractivity contribution >= 4 is 5.96 Å². The van der Waals surface area contributed by atoms with E-state index in [2.05, 4.69) is 58.4 Å². The lowest BCUT2D eigenvalue weighted by atomic mass is 10.2. The van der Waals surface area contributed by atoms with Crippen LogP contribution in [0.3, 0.4) is 0 Å². The van der Waals surface area contributed by atoms with Crippen LogP contribution in [0.5, 0.6) is 0 Å². The second-order valence-corrected chi connectivity index (χ2v) is 5.67. The Morgan fingerprint density at radius 1 is 1.35 bits per heavy atom. The second kappa shape index (κ2) is 11.0. The highest BCUT2D eigenvalue weighted by molar-refractivity contribution is 5.79. The van der Waals surface area contributed by atoms with Crippen LogP contribution in [0, 0.1) is 0 Å². The lowest BCUT2D eigenvalue weighted by molar-refractivity contribution is 0.292. The van der Waals surface area contributed by atoms with Gasteiger partial charge in [0.05, 0.1) is 6.54 Å². The van der Waals surface area contributed by atoms with Crippen LogP contribution in [0.15, 0.2) is 11.3 Å². The summed E-state index contributed by atoms with van der Waals surface area (Å²) in [6, 6.07) is 0.390. The number of nitrogens with zero attached hydrogens (tertiary/aromatic N) is 5. The zero-order chi connectivity index (χ0) is 17.1. The van der Waals surface area contributed by atoms with Crippen LogP contribution in [-0.2, 0) is 13.1 Å². The van der Waals surface area contributed by atoms with Gasteiger partial charge < -0.3 is 20.1 Å². The molecule has 2 N–H and O–H groups in total. The van der Waals surface area contributed by atoms with Gasteiger partial charge in [0.2, 0.25) is 0 Å². The van der Waals surface area contributed by atoms with Crippen molar-refractivity contribution < 1.29 is 0 Å². The predicted octanol–water partition coefficient (Wildman–Crippen LogP) is 1.47. The van der Waals surface area contributed by atoms with E-state index in [9.17, 15) is 0 Å². The van der Waals surface area contributed by atoms with Gasteiger partial charge in [-0.3, -0.25) is 4.99 Å². The van der Waals surface area contributed by atoms with E-state index in [4.69, 9.17) is 0 Å². The number of rotatable bonds is 10. The van der Waals surface area contributed by atoms with E-state index >= 15 is 0 Å². The Bertz CT molecular complexity index is 451. The summed E-state index contributed by atoms with van der Waals surface area (Å²) in [4.78, 5) is 6.74. The molecular weight excluding hydrogens is 290 g/mol. The van der Waals surface area contributed by atoms with E-state index in [1.807, 2.05) is 4.57 Å². The van der Waals surface area contributed by atoms with Crippen molar-refractivity contribution in [2.45, 2.75) is 59.7 Å². The molecule has 7 nitrogen and oxygen atoms in total. The minimum absolute atomic E-state index is 0.390. The van der Waals surface area contributed by atoms with Gasteiger partial charge in [-0.2, -0.15) is 0 Å². The van der Waals surface area contributed by atoms with Gasteiger partial charge in [0.1, 0.15) is 6.33 Å². The van der Waals surface area contributed by atoms with Crippen LogP contribution in [0.2, 0.25) is 0 Å². The quantitative estimate of drug-likeness (QED) is 0.504. The molecule has 1 rings (SSSR count). The first-order valence-corrected chi connectivity index (χ1v) is 8.70. The van der Waals surface area contributed by atoms with Gasteiger partial charge in [-0.15, -0.1) is 10.2 Å². The number of aromatic nitrogens is 3. The van der Waals surface area contributed by atoms with Crippen LogP contribution in [0.1, 0.15) is 46.4 Å². The summed E-state index contributed by atoms with van der Waals surface area (Å²) in [5.41, 5.74) is 0. The van der Waals surface area contributed by atoms with Gasteiger partial charge in [-0.25, -0.2) is 0 Å². The molecule has 0 aliphatic rings. The molecule has 0 aliphatic carbocycles. The lowest BCUT2D eigenvalue weighted by Crippen LogP contribution is -2.42. The van der Waals surface area contributed by atoms with Crippen molar-refractivity contribution in [2.75, 3.05) is 26.7 Å². The molecule has 0 aromatic carbocycles. The molecule has 1 unspecified atom stereocenters. The van der Waals surface area contributed by atoms with E-state index in [1.165, 1.54) is 6.42 Å².